The number of hydrogen-bond acceptors (Lipinski definition) is 3. The first-order valence-electron chi connectivity index (χ1n) is 11.9. The predicted octanol–water partition coefficient (Wildman–Crippen LogP) is 6.12. The minimum Gasteiger partial charge on any atom is -0.494 e. The van der Waals surface area contributed by atoms with Crippen molar-refractivity contribution < 1.29 is 9.84 Å². The molecular weight excluding hydrogens is 370 g/mol. The molecule has 0 radical (unpaired) electrons. The quantitative estimate of drug-likeness (QED) is 0.454. The first kappa shape index (κ1) is 22.8. The van der Waals surface area contributed by atoms with Crippen LogP contribution in [-0.4, -0.2) is 36.2 Å². The summed E-state index contributed by atoms with van der Waals surface area (Å²) in [6, 6.07) is 18.8. The molecule has 1 heterocycles. The molecule has 3 nitrogen and oxygen atoms in total. The average molecular weight is 410 g/mol. The second-order valence-corrected chi connectivity index (χ2v) is 8.66. The van der Waals surface area contributed by atoms with Crippen molar-refractivity contribution in [3.05, 3.63) is 65.7 Å². The Hall–Kier alpha value is -1.84. The fraction of sp³-hybridized carbons (Fsp3) is 0.556. The largest absolute Gasteiger partial charge is 0.494 e. The Morgan fingerprint density at radius 2 is 1.63 bits per heavy atom. The van der Waals surface area contributed by atoms with Crippen LogP contribution >= 0.6 is 0 Å². The van der Waals surface area contributed by atoms with E-state index in [0.29, 0.717) is 6.61 Å². The molecule has 1 aliphatic rings. The van der Waals surface area contributed by atoms with Crippen LogP contribution < -0.4 is 4.74 Å². The Labute approximate surface area is 183 Å². The molecule has 30 heavy (non-hydrogen) atoms. The summed E-state index contributed by atoms with van der Waals surface area (Å²) in [5, 5.41) is 12.3. The van der Waals surface area contributed by atoms with Gasteiger partial charge in [-0.05, 0) is 62.5 Å². The lowest BCUT2D eigenvalue weighted by atomic mass is 9.73. The van der Waals surface area contributed by atoms with E-state index in [1.807, 2.05) is 19.1 Å². The molecule has 2 aromatic carbocycles. The van der Waals surface area contributed by atoms with Crippen LogP contribution in [0.4, 0.5) is 0 Å². The summed E-state index contributed by atoms with van der Waals surface area (Å²) >= 11 is 0. The van der Waals surface area contributed by atoms with Crippen LogP contribution in [0.25, 0.3) is 0 Å². The number of likely N-dealkylation sites (tertiary alicyclic amines) is 1. The lowest BCUT2D eigenvalue weighted by molar-refractivity contribution is -0.0167. The van der Waals surface area contributed by atoms with E-state index in [2.05, 4.69) is 54.3 Å². The number of hydrogen-bond donors (Lipinski definition) is 1. The topological polar surface area (TPSA) is 32.7 Å². The number of unbranched alkanes of at least 4 members (excludes halogenated alkanes) is 2. The van der Waals surface area contributed by atoms with Crippen LogP contribution in [0.3, 0.4) is 0 Å². The highest BCUT2D eigenvalue weighted by molar-refractivity contribution is 5.35. The Morgan fingerprint density at radius 1 is 0.933 bits per heavy atom. The van der Waals surface area contributed by atoms with Crippen molar-refractivity contribution in [3.63, 3.8) is 0 Å². The van der Waals surface area contributed by atoms with Crippen molar-refractivity contribution >= 4 is 0 Å². The summed E-state index contributed by atoms with van der Waals surface area (Å²) in [5.41, 5.74) is 1.35. The summed E-state index contributed by atoms with van der Waals surface area (Å²) in [4.78, 5) is 2.56. The van der Waals surface area contributed by atoms with Gasteiger partial charge in [0.2, 0.25) is 0 Å². The van der Waals surface area contributed by atoms with Gasteiger partial charge in [-0.3, -0.25) is 0 Å². The number of aliphatic hydroxyl groups is 1. The Kier molecular flexibility index (Phi) is 8.77. The zero-order chi connectivity index (χ0) is 21.2. The Balaban J connectivity index is 1.96. The van der Waals surface area contributed by atoms with Crippen molar-refractivity contribution in [2.75, 3.05) is 26.2 Å². The van der Waals surface area contributed by atoms with Crippen LogP contribution in [0, 0.1) is 0 Å². The average Bonchev–Trinajstić information content (AvgIpc) is 2.79. The van der Waals surface area contributed by atoms with Gasteiger partial charge in [0.25, 0.3) is 0 Å². The maximum atomic E-state index is 12.3. The van der Waals surface area contributed by atoms with Gasteiger partial charge in [-0.2, -0.15) is 0 Å². The van der Waals surface area contributed by atoms with Gasteiger partial charge in [0.05, 0.1) is 12.2 Å². The molecule has 1 aliphatic heterocycles. The Morgan fingerprint density at radius 3 is 2.27 bits per heavy atom. The molecule has 164 valence electrons. The van der Waals surface area contributed by atoms with Gasteiger partial charge >= 0.3 is 0 Å². The molecule has 0 spiro atoms. The van der Waals surface area contributed by atoms with Crippen LogP contribution in [0.15, 0.2) is 54.6 Å². The SMILES string of the molecule is CCCCC[C@@](O)(c1ccc(OCC)cc1)[C@H](CN1CCCCC1)c1ccccc1. The van der Waals surface area contributed by atoms with Crippen LogP contribution in [-0.2, 0) is 5.60 Å². The summed E-state index contributed by atoms with van der Waals surface area (Å²) in [7, 11) is 0. The van der Waals surface area contributed by atoms with E-state index in [9.17, 15) is 5.11 Å². The highest BCUT2D eigenvalue weighted by Gasteiger charge is 2.40. The third kappa shape index (κ3) is 5.86. The normalized spacial score (nSPS) is 18.0. The third-order valence-electron chi connectivity index (χ3n) is 6.49. The molecule has 1 fully saturated rings. The fourth-order valence-corrected chi connectivity index (χ4v) is 4.79. The molecule has 2 atom stereocenters. The summed E-state index contributed by atoms with van der Waals surface area (Å²) < 4.78 is 5.65. The molecule has 0 saturated carbocycles. The molecule has 0 aromatic heterocycles. The molecule has 3 heteroatoms. The smallest absolute Gasteiger partial charge is 0.119 e. The summed E-state index contributed by atoms with van der Waals surface area (Å²) in [6.07, 6.45) is 7.96. The fourth-order valence-electron chi connectivity index (χ4n) is 4.79. The van der Waals surface area contributed by atoms with E-state index in [1.54, 1.807) is 0 Å². The molecule has 0 amide bonds. The minimum absolute atomic E-state index is 0.0478. The van der Waals surface area contributed by atoms with Gasteiger partial charge in [0.1, 0.15) is 5.75 Å². The first-order chi connectivity index (χ1) is 14.7. The zero-order valence-corrected chi connectivity index (χ0v) is 18.9. The lowest BCUT2D eigenvalue weighted by Crippen LogP contribution is -2.42. The van der Waals surface area contributed by atoms with E-state index < -0.39 is 5.60 Å². The minimum atomic E-state index is -0.890. The summed E-state index contributed by atoms with van der Waals surface area (Å²) in [5.74, 6) is 0.913. The van der Waals surface area contributed by atoms with E-state index in [1.165, 1.54) is 24.8 Å². The third-order valence-corrected chi connectivity index (χ3v) is 6.49. The maximum absolute atomic E-state index is 12.3. The second kappa shape index (κ2) is 11.5. The standard InChI is InChI=1S/C27H39NO2/c1-3-5-10-19-27(29,24-15-17-25(18-16-24)30-4-2)26(23-13-8-6-9-14-23)22-28-20-11-7-12-21-28/h6,8-9,13-18,26,29H,3-5,7,10-12,19-22H2,1-2H3/t26-,27-/m1/s1. The molecule has 0 unspecified atom stereocenters. The van der Waals surface area contributed by atoms with Crippen LogP contribution in [0.1, 0.15) is 75.8 Å². The van der Waals surface area contributed by atoms with E-state index in [4.69, 9.17) is 4.74 Å². The molecule has 1 N–H and O–H groups in total. The highest BCUT2D eigenvalue weighted by atomic mass is 16.5. The molecule has 0 aliphatic carbocycles. The van der Waals surface area contributed by atoms with Crippen LogP contribution in [0.2, 0.25) is 0 Å². The maximum Gasteiger partial charge on any atom is 0.119 e. The summed E-state index contributed by atoms with van der Waals surface area (Å²) in [6.45, 7) is 8.05. The number of piperidine rings is 1. The number of benzene rings is 2. The number of rotatable bonds is 11. The molecular formula is C27H39NO2. The van der Waals surface area contributed by atoms with Gasteiger partial charge in [-0.25, -0.2) is 0 Å². The van der Waals surface area contributed by atoms with Crippen molar-refractivity contribution in [1.29, 1.82) is 0 Å². The van der Waals surface area contributed by atoms with Gasteiger partial charge in [0, 0.05) is 12.5 Å². The van der Waals surface area contributed by atoms with E-state index in [0.717, 1.165) is 56.6 Å². The highest BCUT2D eigenvalue weighted by Crippen LogP contribution is 2.42. The predicted molar refractivity (Wildman–Crippen MR) is 125 cm³/mol. The first-order valence-corrected chi connectivity index (χ1v) is 11.9. The van der Waals surface area contributed by atoms with Crippen molar-refractivity contribution in [1.82, 2.24) is 4.90 Å². The molecule has 3 rings (SSSR count). The van der Waals surface area contributed by atoms with Gasteiger partial charge in [0.15, 0.2) is 0 Å². The molecule has 2 aromatic rings. The Bertz CT molecular complexity index is 724. The number of ether oxygens (including phenoxy) is 1. The number of nitrogens with zero attached hydrogens (tertiary/aromatic N) is 1. The van der Waals surface area contributed by atoms with E-state index >= 15 is 0 Å². The zero-order valence-electron chi connectivity index (χ0n) is 18.9. The van der Waals surface area contributed by atoms with Gasteiger partial charge in [-0.1, -0.05) is 75.1 Å². The van der Waals surface area contributed by atoms with Crippen molar-refractivity contribution in [3.8, 4) is 5.75 Å². The monoisotopic (exact) mass is 409 g/mol. The second-order valence-electron chi connectivity index (χ2n) is 8.66. The van der Waals surface area contributed by atoms with Crippen LogP contribution in [0.5, 0.6) is 5.75 Å². The van der Waals surface area contributed by atoms with Crippen molar-refractivity contribution in [2.45, 2.75) is 70.3 Å². The molecule has 0 bridgehead atoms. The van der Waals surface area contributed by atoms with Gasteiger partial charge < -0.3 is 14.7 Å². The van der Waals surface area contributed by atoms with Gasteiger partial charge in [-0.15, -0.1) is 0 Å². The lowest BCUT2D eigenvalue weighted by Gasteiger charge is -2.41. The molecule has 1 saturated heterocycles. The van der Waals surface area contributed by atoms with E-state index in [-0.39, 0.29) is 5.92 Å². The van der Waals surface area contributed by atoms with Crippen molar-refractivity contribution in [2.24, 2.45) is 0 Å².